The van der Waals surface area contributed by atoms with Crippen LogP contribution in [0.25, 0.3) is 0 Å². The zero-order valence-electron chi connectivity index (χ0n) is 11.5. The Balaban J connectivity index is 3.91. The van der Waals surface area contributed by atoms with Gasteiger partial charge in [-0.05, 0) is 18.3 Å². The molecule has 3 atom stereocenters. The van der Waals surface area contributed by atoms with Crippen LogP contribution in [0.1, 0.15) is 40.5 Å². The molecule has 0 rings (SSSR count). The van der Waals surface area contributed by atoms with Crippen LogP contribution >= 0.6 is 0 Å². The highest BCUT2D eigenvalue weighted by molar-refractivity contribution is 4.74. The summed E-state index contributed by atoms with van der Waals surface area (Å²) >= 11 is 0. The summed E-state index contributed by atoms with van der Waals surface area (Å²) in [7, 11) is 1.73. The van der Waals surface area contributed by atoms with Crippen molar-refractivity contribution in [3.63, 3.8) is 0 Å². The summed E-state index contributed by atoms with van der Waals surface area (Å²) in [5.74, 6) is 0.932. The monoisotopic (exact) mass is 231 g/mol. The van der Waals surface area contributed by atoms with Gasteiger partial charge in [0.2, 0.25) is 0 Å². The minimum atomic E-state index is -0.242. The summed E-state index contributed by atoms with van der Waals surface area (Å²) in [4.78, 5) is 0. The lowest BCUT2D eigenvalue weighted by atomic mass is 9.98. The molecule has 0 aliphatic carbocycles. The van der Waals surface area contributed by atoms with Crippen LogP contribution in [0.5, 0.6) is 0 Å². The van der Waals surface area contributed by atoms with E-state index in [0.717, 1.165) is 19.4 Å². The van der Waals surface area contributed by atoms with Gasteiger partial charge in [0.1, 0.15) is 0 Å². The zero-order chi connectivity index (χ0) is 12.6. The van der Waals surface area contributed by atoms with Crippen LogP contribution in [0.15, 0.2) is 0 Å². The average molecular weight is 231 g/mol. The molecule has 3 nitrogen and oxygen atoms in total. The lowest BCUT2D eigenvalue weighted by Crippen LogP contribution is -2.41. The normalized spacial score (nSPS) is 17.4. The first-order chi connectivity index (χ1) is 7.52. The quantitative estimate of drug-likeness (QED) is 0.638. The molecule has 0 aliphatic rings. The van der Waals surface area contributed by atoms with Crippen molar-refractivity contribution in [2.45, 2.75) is 52.7 Å². The van der Waals surface area contributed by atoms with Crippen molar-refractivity contribution in [3.8, 4) is 0 Å². The van der Waals surface area contributed by atoms with E-state index in [0.29, 0.717) is 24.4 Å². The van der Waals surface area contributed by atoms with Crippen molar-refractivity contribution in [2.24, 2.45) is 11.8 Å². The Morgan fingerprint density at radius 2 is 1.88 bits per heavy atom. The molecule has 0 bridgehead atoms. The average Bonchev–Trinajstić information content (AvgIpc) is 2.27. The Labute approximate surface area is 101 Å². The van der Waals surface area contributed by atoms with Gasteiger partial charge in [-0.3, -0.25) is 0 Å². The third-order valence-electron chi connectivity index (χ3n) is 3.33. The molecule has 0 radical (unpaired) electrons. The molecule has 0 amide bonds. The molecule has 0 aliphatic heterocycles. The van der Waals surface area contributed by atoms with E-state index >= 15 is 0 Å². The van der Waals surface area contributed by atoms with Crippen LogP contribution in [0.4, 0.5) is 0 Å². The van der Waals surface area contributed by atoms with E-state index in [-0.39, 0.29) is 6.10 Å². The minimum absolute atomic E-state index is 0.242. The molecule has 2 N–H and O–H groups in total. The van der Waals surface area contributed by atoms with Gasteiger partial charge in [-0.25, -0.2) is 0 Å². The lowest BCUT2D eigenvalue weighted by Gasteiger charge is -2.25. The summed E-state index contributed by atoms with van der Waals surface area (Å²) in [6, 6.07) is 0.429. The molecular weight excluding hydrogens is 202 g/mol. The maximum atomic E-state index is 9.88. The van der Waals surface area contributed by atoms with Crippen molar-refractivity contribution >= 4 is 0 Å². The third-order valence-corrected chi connectivity index (χ3v) is 3.33. The van der Waals surface area contributed by atoms with Crippen molar-refractivity contribution in [2.75, 3.05) is 20.3 Å². The fourth-order valence-electron chi connectivity index (χ4n) is 1.66. The molecule has 0 saturated heterocycles. The van der Waals surface area contributed by atoms with Gasteiger partial charge in [-0.15, -0.1) is 0 Å². The van der Waals surface area contributed by atoms with Gasteiger partial charge < -0.3 is 15.2 Å². The molecule has 98 valence electrons. The first kappa shape index (κ1) is 15.9. The van der Waals surface area contributed by atoms with E-state index in [4.69, 9.17) is 4.74 Å². The van der Waals surface area contributed by atoms with Crippen molar-refractivity contribution in [1.29, 1.82) is 0 Å². The maximum Gasteiger partial charge on any atom is 0.0690 e. The number of hydrogen-bond acceptors (Lipinski definition) is 3. The van der Waals surface area contributed by atoms with E-state index < -0.39 is 0 Å². The molecule has 0 saturated carbocycles. The molecule has 3 heteroatoms. The van der Waals surface area contributed by atoms with Crippen molar-refractivity contribution in [3.05, 3.63) is 0 Å². The predicted molar refractivity (Wildman–Crippen MR) is 68.6 cm³/mol. The van der Waals surface area contributed by atoms with Gasteiger partial charge in [0.05, 0.1) is 6.10 Å². The Bertz CT molecular complexity index is 162. The fraction of sp³-hybridized carbons (Fsp3) is 1.00. The zero-order valence-corrected chi connectivity index (χ0v) is 11.5. The summed E-state index contributed by atoms with van der Waals surface area (Å²) in [6.07, 6.45) is 1.78. The van der Waals surface area contributed by atoms with Gasteiger partial charge in [0, 0.05) is 26.3 Å². The van der Waals surface area contributed by atoms with Crippen molar-refractivity contribution < 1.29 is 9.84 Å². The van der Waals surface area contributed by atoms with E-state index in [1.54, 1.807) is 7.11 Å². The Kier molecular flexibility index (Phi) is 8.90. The smallest absolute Gasteiger partial charge is 0.0690 e. The highest BCUT2D eigenvalue weighted by Crippen LogP contribution is 2.09. The number of aliphatic hydroxyl groups is 1. The highest BCUT2D eigenvalue weighted by Gasteiger charge is 2.17. The minimum Gasteiger partial charge on any atom is -0.392 e. The Morgan fingerprint density at radius 3 is 2.31 bits per heavy atom. The number of nitrogens with one attached hydrogen (secondary N) is 1. The lowest BCUT2D eigenvalue weighted by molar-refractivity contribution is 0.102. The van der Waals surface area contributed by atoms with Gasteiger partial charge in [0.25, 0.3) is 0 Å². The molecule has 0 aromatic rings. The molecule has 0 aromatic carbocycles. The van der Waals surface area contributed by atoms with E-state index in [2.05, 4.69) is 33.0 Å². The number of hydrogen-bond donors (Lipinski definition) is 2. The number of ether oxygens (including phenoxy) is 1. The molecular formula is C13H29NO2. The fourth-order valence-corrected chi connectivity index (χ4v) is 1.66. The maximum absolute atomic E-state index is 9.88. The summed E-state index contributed by atoms with van der Waals surface area (Å²) in [6.45, 7) is 10.0. The van der Waals surface area contributed by atoms with Crippen LogP contribution in [-0.4, -0.2) is 37.5 Å². The molecule has 0 aromatic heterocycles. The van der Waals surface area contributed by atoms with Gasteiger partial charge in [-0.2, -0.15) is 0 Å². The first-order valence-corrected chi connectivity index (χ1v) is 6.43. The summed E-state index contributed by atoms with van der Waals surface area (Å²) in [5.41, 5.74) is 0. The van der Waals surface area contributed by atoms with E-state index in [1.165, 1.54) is 0 Å². The van der Waals surface area contributed by atoms with E-state index in [1.807, 2.05) is 0 Å². The van der Waals surface area contributed by atoms with Gasteiger partial charge in [-0.1, -0.05) is 34.1 Å². The highest BCUT2D eigenvalue weighted by atomic mass is 16.5. The molecule has 3 unspecified atom stereocenters. The van der Waals surface area contributed by atoms with Crippen LogP contribution in [0.2, 0.25) is 0 Å². The second-order valence-electron chi connectivity index (χ2n) is 4.99. The van der Waals surface area contributed by atoms with Crippen LogP contribution in [0, 0.1) is 11.8 Å². The molecule has 0 heterocycles. The van der Waals surface area contributed by atoms with Gasteiger partial charge >= 0.3 is 0 Å². The van der Waals surface area contributed by atoms with Crippen molar-refractivity contribution in [1.82, 2.24) is 5.32 Å². The third kappa shape index (κ3) is 6.46. The summed E-state index contributed by atoms with van der Waals surface area (Å²) < 4.78 is 5.10. The SMILES string of the molecule is CCC(C)C(O)CNC(CCOC)C(C)C. The number of rotatable bonds is 9. The Hall–Kier alpha value is -0.120. The number of methoxy groups -OCH3 is 1. The Morgan fingerprint density at radius 1 is 1.25 bits per heavy atom. The second-order valence-corrected chi connectivity index (χ2v) is 4.99. The standard InChI is InChI=1S/C13H29NO2/c1-6-11(4)13(15)9-14-12(10(2)3)7-8-16-5/h10-15H,6-9H2,1-5H3. The second kappa shape index (κ2) is 8.97. The van der Waals surface area contributed by atoms with Crippen LogP contribution in [-0.2, 0) is 4.74 Å². The van der Waals surface area contributed by atoms with Gasteiger partial charge in [0.15, 0.2) is 0 Å². The van der Waals surface area contributed by atoms with Crippen LogP contribution in [0.3, 0.4) is 0 Å². The number of aliphatic hydroxyl groups excluding tert-OH is 1. The predicted octanol–water partition coefficient (Wildman–Crippen LogP) is 2.04. The van der Waals surface area contributed by atoms with E-state index in [9.17, 15) is 5.11 Å². The molecule has 0 fully saturated rings. The largest absolute Gasteiger partial charge is 0.392 e. The first-order valence-electron chi connectivity index (χ1n) is 6.43. The topological polar surface area (TPSA) is 41.5 Å². The molecule has 16 heavy (non-hydrogen) atoms. The summed E-state index contributed by atoms with van der Waals surface area (Å²) in [5, 5.41) is 13.3. The van der Waals surface area contributed by atoms with Crippen LogP contribution < -0.4 is 5.32 Å². The molecule has 0 spiro atoms.